The van der Waals surface area contributed by atoms with E-state index in [4.69, 9.17) is 14.2 Å². The number of aliphatic hydroxyl groups excluding tert-OH is 1. The highest BCUT2D eigenvalue weighted by Crippen LogP contribution is 2.37. The van der Waals surface area contributed by atoms with Crippen molar-refractivity contribution in [3.05, 3.63) is 47.1 Å². The maximum atomic E-state index is 12.5. The first-order valence-corrected chi connectivity index (χ1v) is 9.10. The molecule has 2 rings (SSSR count). The van der Waals surface area contributed by atoms with Crippen LogP contribution in [0, 0.1) is 5.92 Å². The summed E-state index contributed by atoms with van der Waals surface area (Å²) in [4.78, 5) is 36.4. The second kappa shape index (κ2) is 9.61. The fraction of sp³-hybridized carbons (Fsp3) is 0.476. The second-order valence-corrected chi connectivity index (χ2v) is 6.76. The van der Waals surface area contributed by atoms with Gasteiger partial charge in [-0.15, -0.1) is 0 Å². The minimum absolute atomic E-state index is 0.127. The van der Waals surface area contributed by atoms with Gasteiger partial charge in [-0.1, -0.05) is 18.7 Å². The molecule has 0 aromatic heterocycles. The molecule has 2 aliphatic rings. The van der Waals surface area contributed by atoms with E-state index in [0.717, 1.165) is 0 Å². The molecule has 1 fully saturated rings. The third-order valence-electron chi connectivity index (χ3n) is 5.08. The van der Waals surface area contributed by atoms with Crippen LogP contribution in [0.2, 0.25) is 0 Å². The molecule has 152 valence electrons. The van der Waals surface area contributed by atoms with Crippen LogP contribution in [0.25, 0.3) is 0 Å². The van der Waals surface area contributed by atoms with Crippen molar-refractivity contribution in [2.75, 3.05) is 13.7 Å². The van der Waals surface area contributed by atoms with E-state index in [1.54, 1.807) is 32.1 Å². The molecule has 0 aromatic carbocycles. The third-order valence-corrected chi connectivity index (χ3v) is 5.08. The van der Waals surface area contributed by atoms with Crippen LogP contribution in [0.15, 0.2) is 47.1 Å². The smallest absolute Gasteiger partial charge is 0.334 e. The number of esters is 2. The van der Waals surface area contributed by atoms with Crippen molar-refractivity contribution in [3.63, 3.8) is 0 Å². The minimum Gasteiger partial charge on any atom is -0.455 e. The zero-order valence-electron chi connectivity index (χ0n) is 16.3. The first kappa shape index (κ1) is 21.8. The fourth-order valence-electron chi connectivity index (χ4n) is 3.35. The Kier molecular flexibility index (Phi) is 7.48. The highest BCUT2D eigenvalue weighted by Gasteiger charge is 2.48. The topological polar surface area (TPSA) is 99.1 Å². The summed E-state index contributed by atoms with van der Waals surface area (Å²) in [6.45, 7) is 6.90. The van der Waals surface area contributed by atoms with Gasteiger partial charge in [0, 0.05) is 23.8 Å². The molecule has 0 aromatic rings. The van der Waals surface area contributed by atoms with Gasteiger partial charge in [0.25, 0.3) is 0 Å². The number of aldehydes is 1. The van der Waals surface area contributed by atoms with Crippen LogP contribution in [0.4, 0.5) is 0 Å². The standard InChI is InChI=1S/C21H26O7/c1-5-12(2)20(24)28-19-17-13(3)21(25)27-16(17)9-14(10-22)7-6-8-15(11-23)18(19)26-4/h5,8-9,11,16-19,22H,3,6-7,10H2,1-2,4H3. The van der Waals surface area contributed by atoms with Crippen molar-refractivity contribution in [1.29, 1.82) is 0 Å². The van der Waals surface area contributed by atoms with Crippen molar-refractivity contribution in [2.45, 2.75) is 45.0 Å². The van der Waals surface area contributed by atoms with Gasteiger partial charge >= 0.3 is 11.9 Å². The molecular weight excluding hydrogens is 364 g/mol. The Labute approximate surface area is 164 Å². The number of carbonyl (C=O) groups excluding carboxylic acids is 3. The number of hydrogen-bond donors (Lipinski definition) is 1. The average molecular weight is 390 g/mol. The molecular formula is C21H26O7. The van der Waals surface area contributed by atoms with E-state index in [-0.39, 0.29) is 12.2 Å². The van der Waals surface area contributed by atoms with Crippen molar-refractivity contribution in [2.24, 2.45) is 5.92 Å². The van der Waals surface area contributed by atoms with E-state index in [0.29, 0.717) is 35.8 Å². The van der Waals surface area contributed by atoms with Crippen molar-refractivity contribution < 1.29 is 33.7 Å². The van der Waals surface area contributed by atoms with Crippen LogP contribution < -0.4 is 0 Å². The molecule has 1 saturated heterocycles. The monoisotopic (exact) mass is 390 g/mol. The summed E-state index contributed by atoms with van der Waals surface area (Å²) in [6, 6.07) is 0. The molecule has 4 atom stereocenters. The number of methoxy groups -OCH3 is 1. The molecule has 7 heteroatoms. The number of hydrogen-bond acceptors (Lipinski definition) is 7. The maximum absolute atomic E-state index is 12.5. The molecule has 4 unspecified atom stereocenters. The molecule has 0 bridgehead atoms. The Balaban J connectivity index is 2.59. The van der Waals surface area contributed by atoms with Gasteiger partial charge in [0.05, 0.1) is 12.5 Å². The Morgan fingerprint density at radius 1 is 1.46 bits per heavy atom. The molecule has 1 heterocycles. The Hall–Kier alpha value is -2.51. The lowest BCUT2D eigenvalue weighted by Gasteiger charge is -2.32. The number of fused-ring (bicyclic) bond motifs is 1. The van der Waals surface area contributed by atoms with Gasteiger partial charge in [0.1, 0.15) is 24.6 Å². The molecule has 1 aliphatic heterocycles. The first-order chi connectivity index (χ1) is 13.4. The van der Waals surface area contributed by atoms with Gasteiger partial charge in [0.15, 0.2) is 0 Å². The van der Waals surface area contributed by atoms with Crippen LogP contribution in [0.3, 0.4) is 0 Å². The lowest BCUT2D eigenvalue weighted by Crippen LogP contribution is -2.44. The zero-order valence-corrected chi connectivity index (χ0v) is 16.3. The summed E-state index contributed by atoms with van der Waals surface area (Å²) >= 11 is 0. The number of aliphatic hydroxyl groups is 1. The normalized spacial score (nSPS) is 28.6. The van der Waals surface area contributed by atoms with Crippen LogP contribution in [-0.4, -0.2) is 55.4 Å². The SMILES string of the molecule is C=C1C(=O)OC2C=C(CO)CCC=C(C=O)C(OC)C(OC(=O)C(C)=CC)C12. The van der Waals surface area contributed by atoms with Gasteiger partial charge in [0.2, 0.25) is 0 Å². The lowest BCUT2D eigenvalue weighted by atomic mass is 9.83. The molecule has 7 nitrogen and oxygen atoms in total. The van der Waals surface area contributed by atoms with Gasteiger partial charge in [-0.2, -0.15) is 0 Å². The summed E-state index contributed by atoms with van der Waals surface area (Å²) in [6.07, 6.45) is 3.88. The first-order valence-electron chi connectivity index (χ1n) is 9.10. The fourth-order valence-corrected chi connectivity index (χ4v) is 3.35. The summed E-state index contributed by atoms with van der Waals surface area (Å²) in [5.41, 5.74) is 1.46. The van der Waals surface area contributed by atoms with E-state index in [1.807, 2.05) is 0 Å². The van der Waals surface area contributed by atoms with Crippen molar-refractivity contribution >= 4 is 18.2 Å². The van der Waals surface area contributed by atoms with E-state index >= 15 is 0 Å². The summed E-state index contributed by atoms with van der Waals surface area (Å²) in [7, 11) is 1.40. The summed E-state index contributed by atoms with van der Waals surface area (Å²) in [5.74, 6) is -1.96. The van der Waals surface area contributed by atoms with E-state index in [9.17, 15) is 19.5 Å². The van der Waals surface area contributed by atoms with Crippen molar-refractivity contribution in [3.8, 4) is 0 Å². The summed E-state index contributed by atoms with van der Waals surface area (Å²) < 4.78 is 16.6. The molecule has 1 aliphatic carbocycles. The van der Waals surface area contributed by atoms with Gasteiger partial charge in [-0.05, 0) is 38.3 Å². The number of allylic oxidation sites excluding steroid dienone is 2. The van der Waals surface area contributed by atoms with Crippen LogP contribution in [0.5, 0.6) is 0 Å². The lowest BCUT2D eigenvalue weighted by molar-refractivity contribution is -0.155. The molecule has 1 N–H and O–H groups in total. The predicted octanol–water partition coefficient (Wildman–Crippen LogP) is 1.81. The van der Waals surface area contributed by atoms with Crippen LogP contribution in [0.1, 0.15) is 26.7 Å². The van der Waals surface area contributed by atoms with E-state index in [2.05, 4.69) is 6.58 Å². The predicted molar refractivity (Wildman–Crippen MR) is 101 cm³/mol. The molecule has 0 spiro atoms. The van der Waals surface area contributed by atoms with Gasteiger partial charge in [-0.3, -0.25) is 4.79 Å². The van der Waals surface area contributed by atoms with E-state index in [1.165, 1.54) is 7.11 Å². The Morgan fingerprint density at radius 2 is 2.18 bits per heavy atom. The Morgan fingerprint density at radius 3 is 2.75 bits per heavy atom. The molecule has 0 radical (unpaired) electrons. The maximum Gasteiger partial charge on any atom is 0.334 e. The number of ether oxygens (including phenoxy) is 3. The highest BCUT2D eigenvalue weighted by molar-refractivity contribution is 5.92. The number of carbonyl (C=O) groups is 3. The van der Waals surface area contributed by atoms with Crippen LogP contribution in [-0.2, 0) is 28.6 Å². The zero-order chi connectivity index (χ0) is 20.8. The van der Waals surface area contributed by atoms with Gasteiger partial charge < -0.3 is 19.3 Å². The highest BCUT2D eigenvalue weighted by atomic mass is 16.6. The average Bonchev–Trinajstić information content (AvgIpc) is 2.97. The number of rotatable bonds is 5. The molecule has 0 amide bonds. The third kappa shape index (κ3) is 4.48. The van der Waals surface area contributed by atoms with Crippen LogP contribution >= 0.6 is 0 Å². The van der Waals surface area contributed by atoms with Gasteiger partial charge in [-0.25, -0.2) is 9.59 Å². The van der Waals surface area contributed by atoms with Crippen molar-refractivity contribution in [1.82, 2.24) is 0 Å². The molecule has 28 heavy (non-hydrogen) atoms. The quantitative estimate of drug-likeness (QED) is 0.331. The second-order valence-electron chi connectivity index (χ2n) is 6.76. The molecule has 0 saturated carbocycles. The summed E-state index contributed by atoms with van der Waals surface area (Å²) in [5, 5.41) is 9.62. The van der Waals surface area contributed by atoms with E-state index < -0.39 is 36.2 Å². The largest absolute Gasteiger partial charge is 0.455 e. The minimum atomic E-state index is -1.01. The Bertz CT molecular complexity index is 744.